The van der Waals surface area contributed by atoms with Crippen molar-refractivity contribution >= 4 is 0 Å². The Morgan fingerprint density at radius 3 is 2.58 bits per heavy atom. The standard InChI is InChI=1S/C16H30N2O/c1-14-15(2,9-12-19-14)18-11-6-10-17-16(13-18)7-4-3-5-8-16/h14,17H,3-13H2,1-2H3. The van der Waals surface area contributed by atoms with E-state index in [0.717, 1.165) is 6.61 Å². The molecule has 1 saturated carbocycles. The van der Waals surface area contributed by atoms with E-state index in [9.17, 15) is 0 Å². The Morgan fingerprint density at radius 1 is 1.11 bits per heavy atom. The first kappa shape index (κ1) is 13.8. The summed E-state index contributed by atoms with van der Waals surface area (Å²) in [7, 11) is 0. The van der Waals surface area contributed by atoms with Crippen LogP contribution in [0, 0.1) is 0 Å². The lowest BCUT2D eigenvalue weighted by atomic mass is 9.80. The summed E-state index contributed by atoms with van der Waals surface area (Å²) in [5, 5.41) is 3.90. The quantitative estimate of drug-likeness (QED) is 0.789. The first-order valence-electron chi connectivity index (χ1n) is 8.26. The van der Waals surface area contributed by atoms with Crippen LogP contribution in [-0.2, 0) is 4.74 Å². The molecule has 0 aromatic heterocycles. The van der Waals surface area contributed by atoms with Gasteiger partial charge in [0.2, 0.25) is 0 Å². The van der Waals surface area contributed by atoms with Crippen molar-refractivity contribution < 1.29 is 4.74 Å². The molecule has 0 bridgehead atoms. The summed E-state index contributed by atoms with van der Waals surface area (Å²) in [6.45, 7) is 9.29. The molecule has 3 nitrogen and oxygen atoms in total. The van der Waals surface area contributed by atoms with Gasteiger partial charge in [-0.1, -0.05) is 19.3 Å². The van der Waals surface area contributed by atoms with Crippen LogP contribution in [0.15, 0.2) is 0 Å². The van der Waals surface area contributed by atoms with Gasteiger partial charge in [0, 0.05) is 30.8 Å². The van der Waals surface area contributed by atoms with Crippen molar-refractivity contribution in [3.8, 4) is 0 Å². The monoisotopic (exact) mass is 266 g/mol. The lowest BCUT2D eigenvalue weighted by Gasteiger charge is -2.46. The molecule has 3 heteroatoms. The molecule has 2 heterocycles. The molecule has 19 heavy (non-hydrogen) atoms. The zero-order chi connectivity index (χ0) is 13.3. The van der Waals surface area contributed by atoms with Crippen LogP contribution < -0.4 is 5.32 Å². The lowest BCUT2D eigenvalue weighted by Crippen LogP contribution is -2.59. The van der Waals surface area contributed by atoms with Gasteiger partial charge in [0.1, 0.15) is 0 Å². The predicted molar refractivity (Wildman–Crippen MR) is 78.4 cm³/mol. The summed E-state index contributed by atoms with van der Waals surface area (Å²) in [6, 6.07) is 0. The molecule has 2 unspecified atom stereocenters. The van der Waals surface area contributed by atoms with Crippen molar-refractivity contribution in [1.82, 2.24) is 10.2 Å². The molecular formula is C16H30N2O. The Labute approximate surface area is 118 Å². The molecule has 110 valence electrons. The minimum absolute atomic E-state index is 0.260. The van der Waals surface area contributed by atoms with Gasteiger partial charge in [-0.15, -0.1) is 0 Å². The van der Waals surface area contributed by atoms with Crippen LogP contribution in [0.3, 0.4) is 0 Å². The second kappa shape index (κ2) is 5.34. The number of hydrogen-bond donors (Lipinski definition) is 1. The average Bonchev–Trinajstić information content (AvgIpc) is 2.63. The summed E-state index contributed by atoms with van der Waals surface area (Å²) < 4.78 is 5.88. The van der Waals surface area contributed by atoms with Crippen LogP contribution in [-0.4, -0.2) is 48.3 Å². The number of rotatable bonds is 1. The van der Waals surface area contributed by atoms with Crippen LogP contribution in [0.25, 0.3) is 0 Å². The second-order valence-corrected chi connectivity index (χ2v) is 7.16. The molecule has 0 aromatic rings. The molecular weight excluding hydrogens is 236 g/mol. The van der Waals surface area contributed by atoms with E-state index in [1.807, 2.05) is 0 Å². The molecule has 3 fully saturated rings. The second-order valence-electron chi connectivity index (χ2n) is 7.16. The van der Waals surface area contributed by atoms with Crippen LogP contribution in [0.5, 0.6) is 0 Å². The van der Waals surface area contributed by atoms with Crippen molar-refractivity contribution in [2.75, 3.05) is 26.2 Å². The maximum Gasteiger partial charge on any atom is 0.0728 e. The summed E-state index contributed by atoms with van der Waals surface area (Å²) in [5.74, 6) is 0. The fourth-order valence-electron chi connectivity index (χ4n) is 4.36. The number of nitrogens with zero attached hydrogens (tertiary/aromatic N) is 1. The topological polar surface area (TPSA) is 24.5 Å². The molecule has 0 aromatic carbocycles. The van der Waals surface area contributed by atoms with Gasteiger partial charge in [-0.2, -0.15) is 0 Å². The Bertz CT molecular complexity index is 314. The molecule has 2 aliphatic heterocycles. The van der Waals surface area contributed by atoms with Gasteiger partial charge in [-0.05, 0) is 46.1 Å². The lowest BCUT2D eigenvalue weighted by molar-refractivity contribution is 0.00637. The third-order valence-corrected chi connectivity index (χ3v) is 5.98. The highest BCUT2D eigenvalue weighted by molar-refractivity contribution is 5.02. The smallest absolute Gasteiger partial charge is 0.0728 e. The van der Waals surface area contributed by atoms with E-state index < -0.39 is 0 Å². The number of nitrogens with one attached hydrogen (secondary N) is 1. The summed E-state index contributed by atoms with van der Waals surface area (Å²) in [4.78, 5) is 2.76. The maximum atomic E-state index is 5.88. The van der Waals surface area contributed by atoms with Crippen LogP contribution >= 0.6 is 0 Å². The van der Waals surface area contributed by atoms with E-state index in [2.05, 4.69) is 24.1 Å². The molecule has 0 radical (unpaired) electrons. The van der Waals surface area contributed by atoms with E-state index in [0.29, 0.717) is 11.6 Å². The molecule has 2 atom stereocenters. The SMILES string of the molecule is CC1OCCC1(C)N1CCCNC2(CCCCC2)C1. The van der Waals surface area contributed by atoms with Crippen LogP contribution in [0.2, 0.25) is 0 Å². The van der Waals surface area contributed by atoms with E-state index in [1.165, 1.54) is 64.6 Å². The van der Waals surface area contributed by atoms with Gasteiger partial charge < -0.3 is 10.1 Å². The largest absolute Gasteiger partial charge is 0.377 e. The average molecular weight is 266 g/mol. The fourth-order valence-corrected chi connectivity index (χ4v) is 4.36. The van der Waals surface area contributed by atoms with Crippen molar-refractivity contribution in [3.63, 3.8) is 0 Å². The Morgan fingerprint density at radius 2 is 1.89 bits per heavy atom. The zero-order valence-corrected chi connectivity index (χ0v) is 12.7. The highest BCUT2D eigenvalue weighted by atomic mass is 16.5. The Hall–Kier alpha value is -0.120. The number of hydrogen-bond acceptors (Lipinski definition) is 3. The van der Waals surface area contributed by atoms with Crippen molar-refractivity contribution in [1.29, 1.82) is 0 Å². The van der Waals surface area contributed by atoms with Gasteiger partial charge >= 0.3 is 0 Å². The first-order chi connectivity index (χ1) is 9.15. The zero-order valence-electron chi connectivity index (χ0n) is 12.7. The van der Waals surface area contributed by atoms with Gasteiger partial charge in [-0.3, -0.25) is 4.90 Å². The highest BCUT2D eigenvalue weighted by Gasteiger charge is 2.46. The third kappa shape index (κ3) is 2.57. The molecule has 1 spiro atoms. The van der Waals surface area contributed by atoms with E-state index in [1.54, 1.807) is 0 Å². The maximum absolute atomic E-state index is 5.88. The number of ether oxygens (including phenoxy) is 1. The normalized spacial score (nSPS) is 40.4. The summed E-state index contributed by atoms with van der Waals surface area (Å²) in [6.07, 6.45) is 9.84. The Balaban J connectivity index is 1.77. The van der Waals surface area contributed by atoms with Crippen molar-refractivity contribution in [2.45, 2.75) is 76.0 Å². The molecule has 3 rings (SSSR count). The fraction of sp³-hybridized carbons (Fsp3) is 1.00. The summed E-state index contributed by atoms with van der Waals surface area (Å²) in [5.41, 5.74) is 0.663. The molecule has 1 aliphatic carbocycles. The van der Waals surface area contributed by atoms with E-state index in [4.69, 9.17) is 4.74 Å². The molecule has 1 N–H and O–H groups in total. The van der Waals surface area contributed by atoms with Gasteiger partial charge in [0.25, 0.3) is 0 Å². The third-order valence-electron chi connectivity index (χ3n) is 5.98. The molecule has 3 aliphatic rings. The van der Waals surface area contributed by atoms with E-state index in [-0.39, 0.29) is 5.54 Å². The minimum Gasteiger partial charge on any atom is -0.377 e. The minimum atomic E-state index is 0.260. The molecule has 2 saturated heterocycles. The Kier molecular flexibility index (Phi) is 3.89. The van der Waals surface area contributed by atoms with Crippen molar-refractivity contribution in [2.24, 2.45) is 0 Å². The van der Waals surface area contributed by atoms with Gasteiger partial charge in [-0.25, -0.2) is 0 Å². The van der Waals surface area contributed by atoms with Crippen LogP contribution in [0.1, 0.15) is 58.8 Å². The highest BCUT2D eigenvalue weighted by Crippen LogP contribution is 2.37. The van der Waals surface area contributed by atoms with Gasteiger partial charge in [0.15, 0.2) is 0 Å². The first-order valence-corrected chi connectivity index (χ1v) is 8.26. The van der Waals surface area contributed by atoms with Gasteiger partial charge in [0.05, 0.1) is 6.10 Å². The molecule has 0 amide bonds. The van der Waals surface area contributed by atoms with E-state index >= 15 is 0 Å². The predicted octanol–water partition coefficient (Wildman–Crippen LogP) is 2.55. The van der Waals surface area contributed by atoms with Crippen LogP contribution in [0.4, 0.5) is 0 Å². The van der Waals surface area contributed by atoms with Crippen molar-refractivity contribution in [3.05, 3.63) is 0 Å². The summed E-state index contributed by atoms with van der Waals surface area (Å²) >= 11 is 0.